The molecule has 0 spiro atoms. The molecule has 2 aliphatic rings. The third kappa shape index (κ3) is 3.41. The summed E-state index contributed by atoms with van der Waals surface area (Å²) in [5.74, 6) is 2.25. The Bertz CT molecular complexity index is 514. The molecule has 2 saturated heterocycles. The molecule has 7 heteroatoms. The predicted molar refractivity (Wildman–Crippen MR) is 89.0 cm³/mol. The standard InChI is InChI=1S/C15H25N5OS/c1-18-7-8-20(11-13(18)14-16-5-6-19(14)2)15(21)17-10-12-4-3-9-22-12/h5-6,12-13H,3-4,7-11H2,1-2H3,(H,17,21)/t12-,13-/m1/s1. The summed E-state index contributed by atoms with van der Waals surface area (Å²) in [6.45, 7) is 3.15. The van der Waals surface area contributed by atoms with Crippen LogP contribution in [0.2, 0.25) is 0 Å². The quantitative estimate of drug-likeness (QED) is 0.911. The van der Waals surface area contributed by atoms with Crippen LogP contribution in [0.1, 0.15) is 24.7 Å². The highest BCUT2D eigenvalue weighted by molar-refractivity contribution is 8.00. The van der Waals surface area contributed by atoms with Crippen LogP contribution < -0.4 is 5.32 Å². The second kappa shape index (κ2) is 6.91. The van der Waals surface area contributed by atoms with E-state index in [9.17, 15) is 4.79 Å². The molecule has 0 aromatic carbocycles. The van der Waals surface area contributed by atoms with Gasteiger partial charge in [0.2, 0.25) is 0 Å². The van der Waals surface area contributed by atoms with Crippen LogP contribution in [0.5, 0.6) is 0 Å². The summed E-state index contributed by atoms with van der Waals surface area (Å²) < 4.78 is 2.04. The third-order valence-corrected chi connectivity index (χ3v) is 5.99. The summed E-state index contributed by atoms with van der Waals surface area (Å²) in [5, 5.41) is 3.71. The predicted octanol–water partition coefficient (Wildman–Crippen LogP) is 1.31. The van der Waals surface area contributed by atoms with Crippen molar-refractivity contribution in [1.82, 2.24) is 24.7 Å². The van der Waals surface area contributed by atoms with Gasteiger partial charge in [-0.25, -0.2) is 9.78 Å². The first-order chi connectivity index (χ1) is 10.6. The van der Waals surface area contributed by atoms with E-state index in [-0.39, 0.29) is 12.1 Å². The van der Waals surface area contributed by atoms with Crippen LogP contribution in [0.15, 0.2) is 12.4 Å². The van der Waals surface area contributed by atoms with Crippen molar-refractivity contribution in [2.45, 2.75) is 24.1 Å². The zero-order chi connectivity index (χ0) is 15.5. The molecule has 2 fully saturated rings. The molecule has 2 aliphatic heterocycles. The Balaban J connectivity index is 1.57. The number of hydrogen-bond donors (Lipinski definition) is 1. The number of hydrogen-bond acceptors (Lipinski definition) is 4. The molecule has 0 bridgehead atoms. The average Bonchev–Trinajstić information content (AvgIpc) is 3.17. The number of nitrogens with zero attached hydrogens (tertiary/aromatic N) is 4. The van der Waals surface area contributed by atoms with Crippen LogP contribution in [0.3, 0.4) is 0 Å². The zero-order valence-corrected chi connectivity index (χ0v) is 14.2. The van der Waals surface area contributed by atoms with Gasteiger partial charge in [-0.3, -0.25) is 4.90 Å². The van der Waals surface area contributed by atoms with E-state index in [0.717, 1.165) is 25.5 Å². The first-order valence-corrected chi connectivity index (χ1v) is 9.02. The highest BCUT2D eigenvalue weighted by atomic mass is 32.2. The fraction of sp³-hybridized carbons (Fsp3) is 0.733. The molecule has 22 heavy (non-hydrogen) atoms. The summed E-state index contributed by atoms with van der Waals surface area (Å²) in [6.07, 6.45) is 6.28. The van der Waals surface area contributed by atoms with Crippen LogP contribution in [0, 0.1) is 0 Å². The Kier molecular flexibility index (Phi) is 4.93. The van der Waals surface area contributed by atoms with E-state index in [4.69, 9.17) is 0 Å². The fourth-order valence-corrected chi connectivity index (χ4v) is 4.35. The summed E-state index contributed by atoms with van der Waals surface area (Å²) in [6, 6.07) is 0.236. The lowest BCUT2D eigenvalue weighted by atomic mass is 10.1. The van der Waals surface area contributed by atoms with Gasteiger partial charge in [0.25, 0.3) is 0 Å². The number of carbonyl (C=O) groups is 1. The SMILES string of the molecule is CN1CCN(C(=O)NC[C@H]2CCCS2)C[C@@H]1c1nccn1C. The van der Waals surface area contributed by atoms with Gasteiger partial charge in [-0.1, -0.05) is 0 Å². The summed E-state index contributed by atoms with van der Waals surface area (Å²) in [5.41, 5.74) is 0. The van der Waals surface area contributed by atoms with E-state index in [0.29, 0.717) is 11.8 Å². The van der Waals surface area contributed by atoms with Gasteiger partial charge in [0, 0.05) is 50.9 Å². The smallest absolute Gasteiger partial charge is 0.317 e. The van der Waals surface area contributed by atoms with E-state index < -0.39 is 0 Å². The highest BCUT2D eigenvalue weighted by Gasteiger charge is 2.31. The lowest BCUT2D eigenvalue weighted by molar-refractivity contribution is 0.104. The molecule has 0 unspecified atom stereocenters. The molecule has 122 valence electrons. The largest absolute Gasteiger partial charge is 0.337 e. The van der Waals surface area contributed by atoms with E-state index in [2.05, 4.69) is 22.2 Å². The molecule has 0 saturated carbocycles. The average molecular weight is 323 g/mol. The molecule has 2 atom stereocenters. The van der Waals surface area contributed by atoms with Crippen molar-refractivity contribution in [3.05, 3.63) is 18.2 Å². The maximum Gasteiger partial charge on any atom is 0.317 e. The second-order valence-corrected chi connectivity index (χ2v) is 7.57. The van der Waals surface area contributed by atoms with Gasteiger partial charge in [0.15, 0.2) is 0 Å². The Morgan fingerprint density at radius 2 is 2.32 bits per heavy atom. The monoisotopic (exact) mass is 323 g/mol. The molecule has 0 aliphatic carbocycles. The number of thioether (sulfide) groups is 1. The molecule has 3 heterocycles. The Morgan fingerprint density at radius 1 is 1.45 bits per heavy atom. The topological polar surface area (TPSA) is 53.4 Å². The Morgan fingerprint density at radius 3 is 3.00 bits per heavy atom. The summed E-state index contributed by atoms with van der Waals surface area (Å²) in [4.78, 5) is 21.1. The van der Waals surface area contributed by atoms with Gasteiger partial charge in [-0.2, -0.15) is 11.8 Å². The van der Waals surface area contributed by atoms with Gasteiger partial charge in [-0.05, 0) is 25.6 Å². The van der Waals surface area contributed by atoms with E-state index in [1.54, 1.807) is 0 Å². The number of carbonyl (C=O) groups excluding carboxylic acids is 1. The van der Waals surface area contributed by atoms with Crippen molar-refractivity contribution in [3.63, 3.8) is 0 Å². The minimum atomic E-state index is 0.0693. The molecular weight excluding hydrogens is 298 g/mol. The lowest BCUT2D eigenvalue weighted by Gasteiger charge is -2.39. The van der Waals surface area contributed by atoms with Gasteiger partial charge < -0.3 is 14.8 Å². The Labute approximate surface area is 136 Å². The molecule has 0 radical (unpaired) electrons. The molecule has 3 rings (SSSR count). The molecule has 1 N–H and O–H groups in total. The number of piperazine rings is 1. The maximum atomic E-state index is 12.4. The lowest BCUT2D eigenvalue weighted by Crippen LogP contribution is -2.53. The number of imidazole rings is 1. The normalized spacial score (nSPS) is 26.4. The van der Waals surface area contributed by atoms with Gasteiger partial charge in [0.1, 0.15) is 5.82 Å². The third-order valence-electron chi connectivity index (χ3n) is 4.60. The van der Waals surface area contributed by atoms with Crippen molar-refractivity contribution in [3.8, 4) is 0 Å². The van der Waals surface area contributed by atoms with Gasteiger partial charge in [-0.15, -0.1) is 0 Å². The van der Waals surface area contributed by atoms with Crippen LogP contribution in [-0.2, 0) is 7.05 Å². The molecule has 2 amide bonds. The maximum absolute atomic E-state index is 12.4. The molecule has 1 aromatic rings. The van der Waals surface area contributed by atoms with Crippen molar-refractivity contribution in [2.24, 2.45) is 7.05 Å². The number of urea groups is 1. The summed E-state index contributed by atoms with van der Waals surface area (Å²) in [7, 11) is 4.11. The van der Waals surface area contributed by atoms with Crippen LogP contribution in [-0.4, -0.2) is 69.6 Å². The Hall–Kier alpha value is -1.21. The van der Waals surface area contributed by atoms with E-state index in [1.807, 2.05) is 40.7 Å². The van der Waals surface area contributed by atoms with Crippen molar-refractivity contribution in [2.75, 3.05) is 39.0 Å². The number of aryl methyl sites for hydroxylation is 1. The van der Waals surface area contributed by atoms with Crippen LogP contribution in [0.4, 0.5) is 4.79 Å². The van der Waals surface area contributed by atoms with E-state index in [1.165, 1.54) is 18.6 Å². The highest BCUT2D eigenvalue weighted by Crippen LogP contribution is 2.25. The minimum Gasteiger partial charge on any atom is -0.337 e. The first kappa shape index (κ1) is 15.7. The second-order valence-electron chi connectivity index (χ2n) is 6.16. The first-order valence-electron chi connectivity index (χ1n) is 7.97. The minimum absolute atomic E-state index is 0.0693. The van der Waals surface area contributed by atoms with Crippen molar-refractivity contribution < 1.29 is 4.79 Å². The zero-order valence-electron chi connectivity index (χ0n) is 13.4. The number of rotatable bonds is 3. The summed E-state index contributed by atoms with van der Waals surface area (Å²) >= 11 is 1.98. The number of nitrogens with one attached hydrogen (secondary N) is 1. The molecular formula is C15H25N5OS. The van der Waals surface area contributed by atoms with Crippen molar-refractivity contribution in [1.29, 1.82) is 0 Å². The van der Waals surface area contributed by atoms with Gasteiger partial charge >= 0.3 is 6.03 Å². The van der Waals surface area contributed by atoms with Crippen LogP contribution in [0.25, 0.3) is 0 Å². The number of likely N-dealkylation sites (N-methyl/N-ethyl adjacent to an activating group) is 1. The number of amides is 2. The van der Waals surface area contributed by atoms with Crippen molar-refractivity contribution >= 4 is 17.8 Å². The molecule has 1 aromatic heterocycles. The fourth-order valence-electron chi connectivity index (χ4n) is 3.15. The van der Waals surface area contributed by atoms with Crippen LogP contribution >= 0.6 is 11.8 Å². The van der Waals surface area contributed by atoms with E-state index >= 15 is 0 Å². The van der Waals surface area contributed by atoms with Gasteiger partial charge in [0.05, 0.1) is 6.04 Å². The molecule has 6 nitrogen and oxygen atoms in total. The number of aromatic nitrogens is 2.